The summed E-state index contributed by atoms with van der Waals surface area (Å²) in [6, 6.07) is 10.4. The van der Waals surface area contributed by atoms with E-state index in [1.165, 1.54) is 16.8 Å². The molecule has 1 aromatic heterocycles. The highest BCUT2D eigenvalue weighted by molar-refractivity contribution is 14.0. The number of halogens is 1. The van der Waals surface area contributed by atoms with Gasteiger partial charge in [-0.1, -0.05) is 30.3 Å². The van der Waals surface area contributed by atoms with Gasteiger partial charge < -0.3 is 10.6 Å². The molecule has 1 aromatic carbocycles. The Morgan fingerprint density at radius 3 is 2.50 bits per heavy atom. The molecule has 0 aliphatic carbocycles. The molecule has 6 heteroatoms. The van der Waals surface area contributed by atoms with Gasteiger partial charge in [0.2, 0.25) is 0 Å². The zero-order valence-corrected chi connectivity index (χ0v) is 15.9. The van der Waals surface area contributed by atoms with Gasteiger partial charge in [0.05, 0.1) is 12.2 Å². The van der Waals surface area contributed by atoms with Crippen molar-refractivity contribution in [3.05, 3.63) is 52.8 Å². The number of rotatable bonds is 4. The lowest BCUT2D eigenvalue weighted by atomic mass is 10.2. The van der Waals surface area contributed by atoms with Crippen LogP contribution in [0.15, 0.2) is 35.3 Å². The molecule has 5 nitrogen and oxygen atoms in total. The van der Waals surface area contributed by atoms with E-state index < -0.39 is 0 Å². The second-order valence-corrected chi connectivity index (χ2v) is 4.97. The molecule has 0 aliphatic heterocycles. The van der Waals surface area contributed by atoms with Crippen molar-refractivity contribution in [2.75, 3.05) is 14.1 Å². The molecule has 0 unspecified atom stereocenters. The van der Waals surface area contributed by atoms with Crippen LogP contribution in [0.5, 0.6) is 0 Å². The van der Waals surface area contributed by atoms with Gasteiger partial charge in [-0.25, -0.2) is 0 Å². The lowest BCUT2D eigenvalue weighted by Crippen LogP contribution is -2.34. The molecule has 0 amide bonds. The number of aromatic nitrogens is 2. The third-order valence-electron chi connectivity index (χ3n) is 3.60. The molecule has 2 rings (SSSR count). The Bertz CT molecular complexity index is 619. The average molecular weight is 413 g/mol. The summed E-state index contributed by atoms with van der Waals surface area (Å²) < 4.78 is 2.06. The summed E-state index contributed by atoms with van der Waals surface area (Å²) in [7, 11) is 3.62. The Labute approximate surface area is 149 Å². The quantitative estimate of drug-likeness (QED) is 0.460. The molecule has 0 saturated heterocycles. The van der Waals surface area contributed by atoms with E-state index in [2.05, 4.69) is 56.6 Å². The van der Waals surface area contributed by atoms with Gasteiger partial charge in [-0.3, -0.25) is 9.67 Å². The summed E-state index contributed by atoms with van der Waals surface area (Å²) in [5.74, 6) is 0.782. The van der Waals surface area contributed by atoms with Gasteiger partial charge >= 0.3 is 0 Å². The number of aliphatic imine (C=N–C) groups is 1. The second kappa shape index (κ2) is 8.77. The van der Waals surface area contributed by atoms with Gasteiger partial charge in [-0.2, -0.15) is 5.10 Å². The minimum Gasteiger partial charge on any atom is -0.359 e. The van der Waals surface area contributed by atoms with Crippen LogP contribution in [-0.4, -0.2) is 29.8 Å². The van der Waals surface area contributed by atoms with Gasteiger partial charge in [0.1, 0.15) is 0 Å². The molecule has 0 radical (unpaired) electrons. The number of nitrogens with one attached hydrogen (secondary N) is 2. The molecule has 0 atom stereocenters. The normalized spacial score (nSPS) is 11.0. The predicted molar refractivity (Wildman–Crippen MR) is 102 cm³/mol. The van der Waals surface area contributed by atoms with Crippen LogP contribution < -0.4 is 10.6 Å². The highest BCUT2D eigenvalue weighted by atomic mass is 127. The molecule has 1 heterocycles. The SMILES string of the molecule is CN=C(NC)NCc1c(C)nn(Cc2ccccc2)c1C.I. The van der Waals surface area contributed by atoms with Crippen molar-refractivity contribution in [1.82, 2.24) is 20.4 Å². The third-order valence-corrected chi connectivity index (χ3v) is 3.60. The first kappa shape index (κ1) is 18.5. The summed E-state index contributed by atoms with van der Waals surface area (Å²) in [5, 5.41) is 11.0. The maximum Gasteiger partial charge on any atom is 0.190 e. The zero-order valence-electron chi connectivity index (χ0n) is 13.6. The molecule has 2 N–H and O–H groups in total. The van der Waals surface area contributed by atoms with E-state index in [1.807, 2.05) is 20.0 Å². The van der Waals surface area contributed by atoms with E-state index >= 15 is 0 Å². The average Bonchev–Trinajstić information content (AvgIpc) is 2.76. The molecule has 120 valence electrons. The molecule has 0 fully saturated rings. The van der Waals surface area contributed by atoms with Gasteiger partial charge in [-0.05, 0) is 19.4 Å². The monoisotopic (exact) mass is 413 g/mol. The summed E-state index contributed by atoms with van der Waals surface area (Å²) >= 11 is 0. The van der Waals surface area contributed by atoms with Crippen LogP contribution in [0.25, 0.3) is 0 Å². The highest BCUT2D eigenvalue weighted by Crippen LogP contribution is 2.14. The summed E-state index contributed by atoms with van der Waals surface area (Å²) in [5.41, 5.74) is 4.73. The number of aryl methyl sites for hydroxylation is 1. The summed E-state index contributed by atoms with van der Waals surface area (Å²) in [6.07, 6.45) is 0. The summed E-state index contributed by atoms with van der Waals surface area (Å²) in [6.45, 7) is 5.68. The van der Waals surface area contributed by atoms with Crippen molar-refractivity contribution in [2.45, 2.75) is 26.9 Å². The van der Waals surface area contributed by atoms with E-state index in [0.29, 0.717) is 0 Å². The maximum atomic E-state index is 4.65. The molecule has 0 spiro atoms. The first-order chi connectivity index (χ1) is 10.2. The van der Waals surface area contributed by atoms with Gasteiger partial charge in [0, 0.05) is 31.9 Å². The molecule has 0 bridgehead atoms. The minimum atomic E-state index is 0. The van der Waals surface area contributed by atoms with Crippen LogP contribution in [0, 0.1) is 13.8 Å². The van der Waals surface area contributed by atoms with Crippen molar-refractivity contribution in [3.8, 4) is 0 Å². The molecule has 2 aromatic rings. The number of guanidine groups is 1. The Morgan fingerprint density at radius 1 is 1.23 bits per heavy atom. The number of hydrogen-bond donors (Lipinski definition) is 2. The van der Waals surface area contributed by atoms with E-state index in [9.17, 15) is 0 Å². The van der Waals surface area contributed by atoms with E-state index in [1.54, 1.807) is 7.05 Å². The van der Waals surface area contributed by atoms with Crippen molar-refractivity contribution in [1.29, 1.82) is 0 Å². The fourth-order valence-corrected chi connectivity index (χ4v) is 2.35. The highest BCUT2D eigenvalue weighted by Gasteiger charge is 2.11. The Balaban J connectivity index is 0.00000242. The Hall–Kier alpha value is -1.57. The van der Waals surface area contributed by atoms with Crippen LogP contribution in [-0.2, 0) is 13.1 Å². The van der Waals surface area contributed by atoms with Crippen LogP contribution in [0.4, 0.5) is 0 Å². The van der Waals surface area contributed by atoms with E-state index in [0.717, 1.165) is 24.7 Å². The van der Waals surface area contributed by atoms with Gasteiger partial charge in [-0.15, -0.1) is 24.0 Å². The number of benzene rings is 1. The zero-order chi connectivity index (χ0) is 15.2. The number of nitrogens with zero attached hydrogens (tertiary/aromatic N) is 3. The lowest BCUT2D eigenvalue weighted by Gasteiger charge is -2.09. The van der Waals surface area contributed by atoms with Crippen molar-refractivity contribution in [2.24, 2.45) is 4.99 Å². The van der Waals surface area contributed by atoms with Crippen molar-refractivity contribution < 1.29 is 0 Å². The largest absolute Gasteiger partial charge is 0.359 e. The predicted octanol–water partition coefficient (Wildman–Crippen LogP) is 2.46. The molecule has 22 heavy (non-hydrogen) atoms. The van der Waals surface area contributed by atoms with Crippen LogP contribution in [0.1, 0.15) is 22.5 Å². The van der Waals surface area contributed by atoms with Crippen molar-refractivity contribution >= 4 is 29.9 Å². The smallest absolute Gasteiger partial charge is 0.190 e. The fraction of sp³-hybridized carbons (Fsp3) is 0.375. The Morgan fingerprint density at radius 2 is 1.91 bits per heavy atom. The van der Waals surface area contributed by atoms with Crippen LogP contribution >= 0.6 is 24.0 Å². The van der Waals surface area contributed by atoms with Gasteiger partial charge in [0.15, 0.2) is 5.96 Å². The van der Waals surface area contributed by atoms with Gasteiger partial charge in [0.25, 0.3) is 0 Å². The van der Waals surface area contributed by atoms with Crippen LogP contribution in [0.2, 0.25) is 0 Å². The maximum absolute atomic E-state index is 4.65. The van der Waals surface area contributed by atoms with Crippen molar-refractivity contribution in [3.63, 3.8) is 0 Å². The second-order valence-electron chi connectivity index (χ2n) is 4.97. The lowest BCUT2D eigenvalue weighted by molar-refractivity contribution is 0.657. The fourth-order valence-electron chi connectivity index (χ4n) is 2.35. The van der Waals surface area contributed by atoms with E-state index in [4.69, 9.17) is 0 Å². The molecular formula is C16H24IN5. The standard InChI is InChI=1S/C16H23N5.HI/c1-12-15(10-19-16(17-3)18-4)13(2)21(20-12)11-14-8-6-5-7-9-14;/h5-9H,10-11H2,1-4H3,(H2,17,18,19);1H. The minimum absolute atomic E-state index is 0. The first-order valence-electron chi connectivity index (χ1n) is 7.11. The Kier molecular flexibility index (Phi) is 7.37. The molecule has 0 saturated carbocycles. The topological polar surface area (TPSA) is 54.2 Å². The molecule has 0 aliphatic rings. The third kappa shape index (κ3) is 4.46. The molecular weight excluding hydrogens is 389 g/mol. The summed E-state index contributed by atoms with van der Waals surface area (Å²) in [4.78, 5) is 4.12. The van der Waals surface area contributed by atoms with Crippen LogP contribution in [0.3, 0.4) is 0 Å². The number of hydrogen-bond acceptors (Lipinski definition) is 2. The van der Waals surface area contributed by atoms with E-state index in [-0.39, 0.29) is 24.0 Å². The first-order valence-corrected chi connectivity index (χ1v) is 7.11.